The minimum atomic E-state index is -3.56. The van der Waals surface area contributed by atoms with Crippen LogP contribution in [0.25, 0.3) is 11.4 Å². The molecule has 2 heterocycles. The van der Waals surface area contributed by atoms with Gasteiger partial charge in [0.2, 0.25) is 0 Å². The van der Waals surface area contributed by atoms with Crippen molar-refractivity contribution in [2.75, 3.05) is 55.6 Å². The third-order valence-corrected chi connectivity index (χ3v) is 9.58. The topological polar surface area (TPSA) is 134 Å². The highest BCUT2D eigenvalue weighted by atomic mass is 32.2. The van der Waals surface area contributed by atoms with E-state index in [1.165, 1.54) is 0 Å². The second-order valence-corrected chi connectivity index (χ2v) is 11.9. The number of nitrogens with one attached hydrogen (secondary N) is 2. The third-order valence-electron chi connectivity index (χ3n) is 6.95. The predicted molar refractivity (Wildman–Crippen MR) is 139 cm³/mol. The van der Waals surface area contributed by atoms with Gasteiger partial charge in [-0.3, -0.25) is 0 Å². The van der Waals surface area contributed by atoms with Gasteiger partial charge in [-0.1, -0.05) is 0 Å². The van der Waals surface area contributed by atoms with E-state index >= 15 is 0 Å². The van der Waals surface area contributed by atoms with Crippen molar-refractivity contribution in [2.45, 2.75) is 43.4 Å². The largest absolute Gasteiger partial charge is 0.396 e. The van der Waals surface area contributed by atoms with Crippen LogP contribution >= 0.6 is 0 Å². The van der Waals surface area contributed by atoms with Crippen LogP contribution in [0.5, 0.6) is 0 Å². The van der Waals surface area contributed by atoms with E-state index in [2.05, 4.69) is 15.5 Å². The number of sulfone groups is 1. The van der Waals surface area contributed by atoms with Gasteiger partial charge in [0.25, 0.3) is 0 Å². The van der Waals surface area contributed by atoms with E-state index in [1.807, 2.05) is 6.92 Å². The molecule has 3 N–H and O–H groups in total. The third kappa shape index (κ3) is 5.86. The summed E-state index contributed by atoms with van der Waals surface area (Å²) in [5.74, 6) is 0.937. The number of urea groups is 1. The Morgan fingerprint density at radius 3 is 2.65 bits per heavy atom. The maximum absolute atomic E-state index is 13.4. The first-order valence-electron chi connectivity index (χ1n) is 12.6. The van der Waals surface area contributed by atoms with E-state index in [9.17, 15) is 22.7 Å². The number of ether oxygens (including phenoxy) is 1. The van der Waals surface area contributed by atoms with Crippen molar-refractivity contribution in [3.05, 3.63) is 36.0 Å². The summed E-state index contributed by atoms with van der Waals surface area (Å²) in [5.41, 5.74) is 1.66. The maximum atomic E-state index is 13.4. The van der Waals surface area contributed by atoms with Crippen molar-refractivity contribution in [3.8, 4) is 11.4 Å². The molecule has 0 bridgehead atoms. The zero-order valence-electron chi connectivity index (χ0n) is 21.0. The number of anilines is 2. The molecule has 2 aromatic rings. The van der Waals surface area contributed by atoms with Crippen molar-refractivity contribution in [1.82, 2.24) is 15.3 Å². The summed E-state index contributed by atoms with van der Waals surface area (Å²) in [6, 6.07) is 8.23. The van der Waals surface area contributed by atoms with Crippen LogP contribution in [0.15, 0.2) is 30.3 Å². The predicted octanol–water partition coefficient (Wildman–Crippen LogP) is 2.64. The molecule has 1 atom stereocenters. The molecule has 202 valence electrons. The Morgan fingerprint density at radius 1 is 1.27 bits per heavy atom. The number of amides is 2. The molecule has 4 rings (SSSR count). The minimum absolute atomic E-state index is 0.0575. The van der Waals surface area contributed by atoms with Gasteiger partial charge in [0.05, 0.1) is 30.7 Å². The van der Waals surface area contributed by atoms with E-state index in [0.717, 1.165) is 6.42 Å². The van der Waals surface area contributed by atoms with Crippen molar-refractivity contribution in [3.63, 3.8) is 0 Å². The van der Waals surface area contributed by atoms with Crippen LogP contribution in [-0.4, -0.2) is 80.9 Å². The fourth-order valence-corrected chi connectivity index (χ4v) is 6.96. The lowest BCUT2D eigenvalue weighted by Gasteiger charge is -2.41. The van der Waals surface area contributed by atoms with Crippen molar-refractivity contribution >= 4 is 27.4 Å². The number of halogens is 1. The van der Waals surface area contributed by atoms with Crippen LogP contribution in [0, 0.1) is 0 Å². The standard InChI is InChI=1S/C25H34FN5O5S/c1-18-17-36-14-12-31(18)22-16-21(25(8-2-9-25)37(34,35)15-3-13-32)29-23(30-22)19-4-6-20(7-5-19)28-24(33)27-11-10-26/h4-7,16,18,32H,2-3,8-15,17H2,1H3,(H2,27,28,33)/t18-/m0/s1. The maximum Gasteiger partial charge on any atom is 0.319 e. The first-order chi connectivity index (χ1) is 17.8. The molecule has 2 fully saturated rings. The highest BCUT2D eigenvalue weighted by Crippen LogP contribution is 2.49. The lowest BCUT2D eigenvalue weighted by molar-refractivity contribution is 0.0985. The van der Waals surface area contributed by atoms with E-state index in [1.54, 1.807) is 30.3 Å². The van der Waals surface area contributed by atoms with Gasteiger partial charge in [-0.05, 0) is 56.9 Å². The summed E-state index contributed by atoms with van der Waals surface area (Å²) >= 11 is 0. The van der Waals surface area contributed by atoms with E-state index in [4.69, 9.17) is 14.7 Å². The SMILES string of the molecule is C[C@H]1COCCN1c1cc(C2(S(=O)(=O)CCCO)CCC2)nc(-c2ccc(NC(=O)NCCF)cc2)n1. The molecule has 0 radical (unpaired) electrons. The zero-order chi connectivity index (χ0) is 26.5. The van der Waals surface area contributed by atoms with E-state index in [-0.39, 0.29) is 31.4 Å². The number of hydrogen-bond acceptors (Lipinski definition) is 8. The van der Waals surface area contributed by atoms with Gasteiger partial charge in [-0.15, -0.1) is 0 Å². The van der Waals surface area contributed by atoms with Crippen LogP contribution in [0.3, 0.4) is 0 Å². The molecular formula is C25H34FN5O5S. The van der Waals surface area contributed by atoms with Crippen LogP contribution in [0.1, 0.15) is 38.3 Å². The monoisotopic (exact) mass is 535 g/mol. The highest BCUT2D eigenvalue weighted by Gasteiger charge is 2.51. The molecule has 10 nitrogen and oxygen atoms in total. The number of carbonyl (C=O) groups is 1. The summed E-state index contributed by atoms with van der Waals surface area (Å²) < 4.78 is 43.7. The molecule has 1 aliphatic carbocycles. The summed E-state index contributed by atoms with van der Waals surface area (Å²) in [6.45, 7) is 2.83. The molecule has 12 heteroatoms. The number of rotatable bonds is 10. The lowest BCUT2D eigenvalue weighted by Crippen LogP contribution is -2.46. The Balaban J connectivity index is 1.72. The van der Waals surface area contributed by atoms with Crippen LogP contribution in [0.4, 0.5) is 20.7 Å². The Labute approximate surface area is 216 Å². The number of morpholine rings is 1. The van der Waals surface area contributed by atoms with Gasteiger partial charge in [-0.25, -0.2) is 27.6 Å². The molecular weight excluding hydrogens is 501 g/mol. The Morgan fingerprint density at radius 2 is 2.03 bits per heavy atom. The number of carbonyl (C=O) groups excluding carboxylic acids is 1. The number of hydrogen-bond donors (Lipinski definition) is 3. The Bertz CT molecular complexity index is 1190. The van der Waals surface area contributed by atoms with Crippen LogP contribution in [0.2, 0.25) is 0 Å². The lowest BCUT2D eigenvalue weighted by atomic mass is 9.81. The molecule has 1 saturated heterocycles. The normalized spacial score (nSPS) is 19.2. The smallest absolute Gasteiger partial charge is 0.319 e. The van der Waals surface area contributed by atoms with Crippen molar-refractivity contribution < 1.29 is 27.4 Å². The fourth-order valence-electron chi connectivity index (χ4n) is 4.72. The van der Waals surface area contributed by atoms with Crippen molar-refractivity contribution in [1.29, 1.82) is 0 Å². The van der Waals surface area contributed by atoms with Gasteiger partial charge in [0, 0.05) is 37.0 Å². The summed E-state index contributed by atoms with van der Waals surface area (Å²) in [7, 11) is -3.56. The fraction of sp³-hybridized carbons (Fsp3) is 0.560. The Kier molecular flexibility index (Phi) is 8.60. The van der Waals surface area contributed by atoms with Gasteiger partial charge in [-0.2, -0.15) is 0 Å². The van der Waals surface area contributed by atoms with Gasteiger partial charge in [0.1, 0.15) is 17.2 Å². The number of nitrogens with zero attached hydrogens (tertiary/aromatic N) is 3. The number of alkyl halides is 1. The quantitative estimate of drug-likeness (QED) is 0.423. The molecule has 1 aromatic carbocycles. The second-order valence-electron chi connectivity index (χ2n) is 9.44. The second kappa shape index (κ2) is 11.7. The first-order valence-corrected chi connectivity index (χ1v) is 14.2. The van der Waals surface area contributed by atoms with Gasteiger partial charge < -0.3 is 25.4 Å². The molecule has 0 unspecified atom stereocenters. The average Bonchev–Trinajstić information content (AvgIpc) is 2.86. The number of aliphatic hydroxyl groups excluding tert-OH is 1. The van der Waals surface area contributed by atoms with Gasteiger partial charge in [0.15, 0.2) is 15.7 Å². The van der Waals surface area contributed by atoms with Gasteiger partial charge >= 0.3 is 6.03 Å². The summed E-state index contributed by atoms with van der Waals surface area (Å²) in [6.07, 6.45) is 1.92. The average molecular weight is 536 g/mol. The van der Waals surface area contributed by atoms with Crippen molar-refractivity contribution in [2.24, 2.45) is 0 Å². The van der Waals surface area contributed by atoms with E-state index in [0.29, 0.717) is 61.2 Å². The molecule has 2 aliphatic rings. The minimum Gasteiger partial charge on any atom is -0.396 e. The molecule has 2 amide bonds. The molecule has 1 aliphatic heterocycles. The first kappa shape index (κ1) is 27.2. The summed E-state index contributed by atoms with van der Waals surface area (Å²) in [4.78, 5) is 23.5. The zero-order valence-corrected chi connectivity index (χ0v) is 21.8. The number of benzene rings is 1. The highest BCUT2D eigenvalue weighted by molar-refractivity contribution is 7.92. The molecule has 0 spiro atoms. The summed E-state index contributed by atoms with van der Waals surface area (Å²) in [5, 5.41) is 14.3. The molecule has 1 saturated carbocycles. The van der Waals surface area contributed by atoms with E-state index < -0.39 is 27.3 Å². The molecule has 1 aromatic heterocycles. The van der Waals surface area contributed by atoms with Crippen LogP contribution < -0.4 is 15.5 Å². The number of aliphatic hydroxyl groups is 1. The Hall–Kier alpha value is -2.83. The molecule has 37 heavy (non-hydrogen) atoms. The van der Waals surface area contributed by atoms with Crippen LogP contribution in [-0.2, 0) is 19.3 Å². The number of aromatic nitrogens is 2.